The van der Waals surface area contributed by atoms with Gasteiger partial charge in [-0.25, -0.2) is 0 Å². The Kier molecular flexibility index (Phi) is 12.9. The van der Waals surface area contributed by atoms with Crippen LogP contribution in [0.25, 0.3) is 0 Å². The third-order valence-electron chi connectivity index (χ3n) is 2.81. The molecule has 1 aliphatic heterocycles. The third-order valence-corrected chi connectivity index (χ3v) is 3.04. The Morgan fingerprint density at radius 1 is 1.30 bits per heavy atom. The van der Waals surface area contributed by atoms with Crippen molar-refractivity contribution in [2.24, 2.45) is 0 Å². The largest absolute Gasteiger partial charge is 0.325 e. The van der Waals surface area contributed by atoms with Crippen LogP contribution in [-0.2, 0) is 4.79 Å². The Morgan fingerprint density at radius 2 is 1.96 bits per heavy atom. The maximum atomic E-state index is 11.5. The number of pyridine rings is 1. The van der Waals surface area contributed by atoms with Gasteiger partial charge in [0.05, 0.1) is 0 Å². The van der Waals surface area contributed by atoms with Crippen LogP contribution < -0.4 is 5.32 Å². The van der Waals surface area contributed by atoms with E-state index < -0.39 is 0 Å². The van der Waals surface area contributed by atoms with E-state index in [0.29, 0.717) is 11.4 Å². The molecule has 6 heteroatoms. The maximum Gasteiger partial charge on any atom is 0.213 e. The summed E-state index contributed by atoms with van der Waals surface area (Å²) in [6.07, 6.45) is 8.88. The Labute approximate surface area is 143 Å². The molecule has 0 atom stereocenters. The minimum Gasteiger partial charge on any atom is -0.325 e. The molecule has 1 aliphatic rings. The number of nitrogens with zero attached hydrogens (tertiary/aromatic N) is 2. The van der Waals surface area contributed by atoms with Crippen molar-refractivity contribution >= 4 is 23.8 Å². The van der Waals surface area contributed by atoms with Gasteiger partial charge >= 0.3 is 0 Å². The number of ketones is 1. The highest BCUT2D eigenvalue weighted by atomic mass is 35.5. The maximum absolute atomic E-state index is 11.5. The molecule has 1 aromatic rings. The molecule has 0 aromatic carbocycles. The zero-order valence-electron chi connectivity index (χ0n) is 14.1. The van der Waals surface area contributed by atoms with Crippen LogP contribution in [0.1, 0.15) is 43.6 Å². The van der Waals surface area contributed by atoms with Crippen LogP contribution >= 0.6 is 11.6 Å². The number of halogens is 1. The number of aromatic nitrogens is 1. The van der Waals surface area contributed by atoms with Crippen LogP contribution in [0.5, 0.6) is 0 Å². The molecule has 0 aliphatic carbocycles. The van der Waals surface area contributed by atoms with E-state index in [1.54, 1.807) is 6.07 Å². The number of hydrogen-bond acceptors (Lipinski definition) is 4. The molecule has 2 rings (SSSR count). The molecular formula is C17H26ClN3O2. The normalized spacial score (nSPS) is 13.2. The molecule has 2 heterocycles. The summed E-state index contributed by atoms with van der Waals surface area (Å²) in [5, 5.41) is 3.73. The van der Waals surface area contributed by atoms with Crippen LogP contribution in [0.15, 0.2) is 30.6 Å². The predicted octanol–water partition coefficient (Wildman–Crippen LogP) is 3.31. The molecule has 128 valence electrons. The lowest BCUT2D eigenvalue weighted by molar-refractivity contribution is -0.114. The summed E-state index contributed by atoms with van der Waals surface area (Å²) in [4.78, 5) is 26.8. The molecule has 0 spiro atoms. The minimum atomic E-state index is -0.300. The average Bonchev–Trinajstić information content (AvgIpc) is 2.63. The highest BCUT2D eigenvalue weighted by Gasteiger charge is 2.03. The van der Waals surface area contributed by atoms with E-state index in [4.69, 9.17) is 11.6 Å². The van der Waals surface area contributed by atoms with Crippen LogP contribution in [-0.4, -0.2) is 42.2 Å². The fourth-order valence-electron chi connectivity index (χ4n) is 1.65. The van der Waals surface area contributed by atoms with Gasteiger partial charge < -0.3 is 10.2 Å². The third kappa shape index (κ3) is 10.6. The van der Waals surface area contributed by atoms with E-state index in [-0.39, 0.29) is 11.5 Å². The number of hydrogen-bond donors (Lipinski definition) is 1. The van der Waals surface area contributed by atoms with E-state index >= 15 is 0 Å². The van der Waals surface area contributed by atoms with Crippen molar-refractivity contribution in [2.45, 2.75) is 33.1 Å². The molecule has 23 heavy (non-hydrogen) atoms. The molecule has 5 nitrogen and oxygen atoms in total. The van der Waals surface area contributed by atoms with Gasteiger partial charge in [0.1, 0.15) is 5.69 Å². The lowest BCUT2D eigenvalue weighted by atomic mass is 10.2. The Balaban J connectivity index is 0.000000501. The number of piperidine rings is 1. The first-order valence-electron chi connectivity index (χ1n) is 7.85. The van der Waals surface area contributed by atoms with E-state index in [1.165, 1.54) is 68.8 Å². The zero-order valence-corrected chi connectivity index (χ0v) is 14.8. The van der Waals surface area contributed by atoms with Crippen molar-refractivity contribution in [3.8, 4) is 0 Å². The monoisotopic (exact) mass is 339 g/mol. The highest BCUT2D eigenvalue weighted by Crippen LogP contribution is 2.08. The van der Waals surface area contributed by atoms with Crippen molar-refractivity contribution in [1.29, 1.82) is 0 Å². The van der Waals surface area contributed by atoms with Gasteiger partial charge in [-0.3, -0.25) is 14.6 Å². The molecule has 0 bridgehead atoms. The van der Waals surface area contributed by atoms with Crippen molar-refractivity contribution < 1.29 is 9.59 Å². The van der Waals surface area contributed by atoms with Gasteiger partial charge in [-0.1, -0.05) is 31.9 Å². The molecule has 0 saturated carbocycles. The van der Waals surface area contributed by atoms with Crippen LogP contribution in [0.3, 0.4) is 0 Å². The second-order valence-corrected chi connectivity index (χ2v) is 5.06. The highest BCUT2D eigenvalue weighted by molar-refractivity contribution is 6.31. The first-order valence-corrected chi connectivity index (χ1v) is 8.23. The predicted molar refractivity (Wildman–Crippen MR) is 94.6 cm³/mol. The fourth-order valence-corrected chi connectivity index (χ4v) is 1.81. The number of allylic oxidation sites excluding steroid dienone is 1. The summed E-state index contributed by atoms with van der Waals surface area (Å²) >= 11 is 5.70. The van der Waals surface area contributed by atoms with Gasteiger partial charge in [0, 0.05) is 30.5 Å². The summed E-state index contributed by atoms with van der Waals surface area (Å²) in [6.45, 7) is 6.50. The first-order chi connectivity index (χ1) is 11.1. The van der Waals surface area contributed by atoms with Gasteiger partial charge in [0.15, 0.2) is 0 Å². The lowest BCUT2D eigenvalue weighted by Gasteiger charge is -2.08. The summed E-state index contributed by atoms with van der Waals surface area (Å²) < 4.78 is 0. The van der Waals surface area contributed by atoms with E-state index in [2.05, 4.69) is 10.3 Å². The number of carbonyl (C=O) groups is 2. The van der Waals surface area contributed by atoms with Gasteiger partial charge in [0.2, 0.25) is 12.2 Å². The van der Waals surface area contributed by atoms with Crippen LogP contribution in [0, 0.1) is 0 Å². The van der Waals surface area contributed by atoms with Crippen molar-refractivity contribution in [3.05, 3.63) is 41.3 Å². The minimum absolute atomic E-state index is 0.248. The van der Waals surface area contributed by atoms with E-state index in [9.17, 15) is 9.59 Å². The van der Waals surface area contributed by atoms with Gasteiger partial charge in [-0.15, -0.1) is 0 Å². The van der Waals surface area contributed by atoms with Gasteiger partial charge in [0.25, 0.3) is 0 Å². The van der Waals surface area contributed by atoms with Crippen LogP contribution in [0.2, 0.25) is 5.02 Å². The summed E-state index contributed by atoms with van der Waals surface area (Å²) in [7, 11) is 1.53. The molecule has 1 amide bonds. The number of carbonyl (C=O) groups excluding carboxylic acids is 2. The number of nitrogens with one attached hydrogen (secondary N) is 1. The Bertz CT molecular complexity index is 477. The SMILES string of the molecule is C1CCNCC1.CC.CN(C=O)/C=C/C(=O)c1cc(Cl)ccn1. The summed E-state index contributed by atoms with van der Waals surface area (Å²) in [6, 6.07) is 3.05. The molecule has 0 unspecified atom stereocenters. The molecular weight excluding hydrogens is 314 g/mol. The molecule has 1 N–H and O–H groups in total. The Morgan fingerprint density at radius 3 is 2.39 bits per heavy atom. The van der Waals surface area contributed by atoms with E-state index in [1.807, 2.05) is 13.8 Å². The molecule has 1 fully saturated rings. The number of amides is 1. The smallest absolute Gasteiger partial charge is 0.213 e. The second-order valence-electron chi connectivity index (χ2n) is 4.62. The standard InChI is InChI=1S/C10H9ClN2O2.C5H11N.C2H6/c1-13(7-14)5-3-10(15)9-6-8(11)2-4-12-9;1-2-4-6-5-3-1;1-2/h2-7H,1H3;6H,1-5H2;1-2H3/b5-3+;;. The molecule has 0 radical (unpaired) electrons. The topological polar surface area (TPSA) is 62.3 Å². The van der Waals surface area contributed by atoms with E-state index in [0.717, 1.165) is 0 Å². The summed E-state index contributed by atoms with van der Waals surface area (Å²) in [5.74, 6) is -0.300. The van der Waals surface area contributed by atoms with Gasteiger partial charge in [-0.2, -0.15) is 0 Å². The van der Waals surface area contributed by atoms with Crippen LogP contribution in [0.4, 0.5) is 0 Å². The second kappa shape index (κ2) is 13.9. The quantitative estimate of drug-likeness (QED) is 0.519. The summed E-state index contributed by atoms with van der Waals surface area (Å²) in [5.41, 5.74) is 0.248. The van der Waals surface area contributed by atoms with Crippen molar-refractivity contribution in [3.63, 3.8) is 0 Å². The fraction of sp³-hybridized carbons (Fsp3) is 0.471. The molecule has 1 saturated heterocycles. The first kappa shape index (κ1) is 21.3. The van der Waals surface area contributed by atoms with Gasteiger partial charge in [-0.05, 0) is 38.1 Å². The molecule has 1 aromatic heterocycles. The average molecular weight is 340 g/mol. The zero-order chi connectivity index (χ0) is 17.5. The van der Waals surface area contributed by atoms with Crippen molar-refractivity contribution in [2.75, 3.05) is 20.1 Å². The Hall–Kier alpha value is -1.72. The lowest BCUT2D eigenvalue weighted by Crippen LogP contribution is -2.21. The number of rotatable bonds is 4. The van der Waals surface area contributed by atoms with Crippen molar-refractivity contribution in [1.82, 2.24) is 15.2 Å².